The lowest BCUT2D eigenvalue weighted by atomic mass is 10.3. The Labute approximate surface area is 103 Å². The first kappa shape index (κ1) is 10.3. The van der Waals surface area contributed by atoms with Gasteiger partial charge in [0.1, 0.15) is 0 Å². The van der Waals surface area contributed by atoms with Crippen LogP contribution in [-0.2, 0) is 4.74 Å². The van der Waals surface area contributed by atoms with E-state index in [4.69, 9.17) is 4.74 Å². The minimum Gasteiger partial charge on any atom is -0.378 e. The molecule has 2 aromatic rings. The van der Waals surface area contributed by atoms with Gasteiger partial charge in [-0.25, -0.2) is 0 Å². The lowest BCUT2D eigenvalue weighted by molar-refractivity contribution is 0.123. The van der Waals surface area contributed by atoms with Crippen molar-refractivity contribution < 1.29 is 4.74 Å². The van der Waals surface area contributed by atoms with Gasteiger partial charge < -0.3 is 9.64 Å². The highest BCUT2D eigenvalue weighted by Crippen LogP contribution is 2.34. The van der Waals surface area contributed by atoms with E-state index < -0.39 is 0 Å². The molecule has 84 valence electrons. The Hall–Kier alpha value is -0.840. The first-order chi connectivity index (χ1) is 7.93. The number of ether oxygens (including phenoxy) is 1. The van der Waals surface area contributed by atoms with Crippen LogP contribution in [0.5, 0.6) is 0 Å². The molecule has 0 aromatic carbocycles. The van der Waals surface area contributed by atoms with Gasteiger partial charge in [-0.05, 0) is 17.5 Å². The zero-order valence-electron chi connectivity index (χ0n) is 8.89. The highest BCUT2D eigenvalue weighted by Gasteiger charge is 2.13. The van der Waals surface area contributed by atoms with Crippen LogP contribution in [0.3, 0.4) is 0 Å². The Balaban J connectivity index is 1.82. The van der Waals surface area contributed by atoms with Crippen LogP contribution in [0.2, 0.25) is 0 Å². The number of hydrogen-bond donors (Lipinski definition) is 0. The highest BCUT2D eigenvalue weighted by atomic mass is 32.1. The molecule has 16 heavy (non-hydrogen) atoms. The summed E-state index contributed by atoms with van der Waals surface area (Å²) in [6, 6.07) is 6.57. The molecule has 0 unspecified atom stereocenters. The molecule has 0 amide bonds. The van der Waals surface area contributed by atoms with E-state index >= 15 is 0 Å². The number of nitrogens with zero attached hydrogens (tertiary/aromatic N) is 1. The number of anilines is 1. The third-order valence-corrected chi connectivity index (χ3v) is 4.62. The summed E-state index contributed by atoms with van der Waals surface area (Å²) in [5.41, 5.74) is 1.35. The van der Waals surface area contributed by atoms with E-state index in [1.54, 1.807) is 11.3 Å². The number of morpholine rings is 1. The zero-order chi connectivity index (χ0) is 10.8. The SMILES string of the molecule is c1csc(-c2csc(N3CCOCC3)c2)c1. The third kappa shape index (κ3) is 2.00. The average Bonchev–Trinajstić information content (AvgIpc) is 3.01. The molecule has 4 heteroatoms. The fourth-order valence-corrected chi connectivity index (χ4v) is 3.61. The van der Waals surface area contributed by atoms with E-state index in [2.05, 4.69) is 33.9 Å². The van der Waals surface area contributed by atoms with Gasteiger partial charge in [0.2, 0.25) is 0 Å². The normalized spacial score (nSPS) is 16.6. The van der Waals surface area contributed by atoms with E-state index in [0.717, 1.165) is 26.3 Å². The van der Waals surface area contributed by atoms with Gasteiger partial charge in [0, 0.05) is 28.9 Å². The Kier molecular flexibility index (Phi) is 2.95. The summed E-state index contributed by atoms with van der Waals surface area (Å²) in [7, 11) is 0. The summed E-state index contributed by atoms with van der Waals surface area (Å²) in [4.78, 5) is 3.77. The first-order valence-corrected chi connectivity index (χ1v) is 7.14. The van der Waals surface area contributed by atoms with Crippen LogP contribution in [0.1, 0.15) is 0 Å². The Morgan fingerprint density at radius 2 is 2.06 bits per heavy atom. The second-order valence-corrected chi connectivity index (χ2v) is 5.59. The average molecular weight is 251 g/mol. The molecule has 1 fully saturated rings. The molecule has 0 N–H and O–H groups in total. The van der Waals surface area contributed by atoms with Gasteiger partial charge in [-0.3, -0.25) is 0 Å². The quantitative estimate of drug-likeness (QED) is 0.812. The van der Waals surface area contributed by atoms with Gasteiger partial charge in [0.15, 0.2) is 0 Å². The largest absolute Gasteiger partial charge is 0.378 e. The summed E-state index contributed by atoms with van der Waals surface area (Å²) in [5, 5.41) is 5.74. The number of hydrogen-bond acceptors (Lipinski definition) is 4. The molecule has 0 atom stereocenters. The molecule has 0 aliphatic carbocycles. The van der Waals surface area contributed by atoms with E-state index in [9.17, 15) is 0 Å². The molecule has 1 aliphatic heterocycles. The molecular weight excluding hydrogens is 238 g/mol. The first-order valence-electron chi connectivity index (χ1n) is 5.38. The molecule has 3 rings (SSSR count). The maximum atomic E-state index is 5.37. The van der Waals surface area contributed by atoms with Crippen LogP contribution in [0.25, 0.3) is 10.4 Å². The maximum Gasteiger partial charge on any atom is 0.0916 e. The van der Waals surface area contributed by atoms with Gasteiger partial charge in [-0.1, -0.05) is 6.07 Å². The predicted octanol–water partition coefficient (Wildman–Crippen LogP) is 3.31. The van der Waals surface area contributed by atoms with Crippen molar-refractivity contribution in [3.05, 3.63) is 29.0 Å². The van der Waals surface area contributed by atoms with Crippen LogP contribution in [0.15, 0.2) is 29.0 Å². The zero-order valence-corrected chi connectivity index (χ0v) is 10.5. The number of thiophene rings is 2. The molecule has 1 saturated heterocycles. The fraction of sp³-hybridized carbons (Fsp3) is 0.333. The molecule has 0 saturated carbocycles. The van der Waals surface area contributed by atoms with Gasteiger partial charge in [-0.2, -0.15) is 0 Å². The van der Waals surface area contributed by atoms with Crippen LogP contribution < -0.4 is 4.90 Å². The van der Waals surface area contributed by atoms with Crippen molar-refractivity contribution in [1.29, 1.82) is 0 Å². The lowest BCUT2D eigenvalue weighted by Gasteiger charge is -2.27. The molecule has 0 bridgehead atoms. The van der Waals surface area contributed by atoms with Crippen molar-refractivity contribution in [3.63, 3.8) is 0 Å². The minimum absolute atomic E-state index is 0.853. The molecule has 2 nitrogen and oxygen atoms in total. The van der Waals surface area contributed by atoms with E-state index in [1.807, 2.05) is 11.3 Å². The topological polar surface area (TPSA) is 12.5 Å². The molecule has 3 heterocycles. The number of rotatable bonds is 2. The summed E-state index contributed by atoms with van der Waals surface area (Å²) >= 11 is 3.63. The van der Waals surface area contributed by atoms with Crippen molar-refractivity contribution in [2.45, 2.75) is 0 Å². The van der Waals surface area contributed by atoms with Crippen LogP contribution in [-0.4, -0.2) is 26.3 Å². The van der Waals surface area contributed by atoms with Gasteiger partial charge in [-0.15, -0.1) is 22.7 Å². The molecule has 0 spiro atoms. The molecule has 1 aliphatic rings. The van der Waals surface area contributed by atoms with Gasteiger partial charge in [0.25, 0.3) is 0 Å². The Morgan fingerprint density at radius 1 is 1.19 bits per heavy atom. The summed E-state index contributed by atoms with van der Waals surface area (Å²) < 4.78 is 5.37. The highest BCUT2D eigenvalue weighted by molar-refractivity contribution is 7.16. The monoisotopic (exact) mass is 251 g/mol. The van der Waals surface area contributed by atoms with Crippen molar-refractivity contribution in [1.82, 2.24) is 0 Å². The lowest BCUT2D eigenvalue weighted by Crippen LogP contribution is -2.35. The second-order valence-electron chi connectivity index (χ2n) is 3.75. The van der Waals surface area contributed by atoms with Crippen molar-refractivity contribution >= 4 is 27.7 Å². The van der Waals surface area contributed by atoms with Crippen molar-refractivity contribution in [2.24, 2.45) is 0 Å². The summed E-state index contributed by atoms with van der Waals surface area (Å²) in [5.74, 6) is 0. The van der Waals surface area contributed by atoms with Crippen LogP contribution in [0, 0.1) is 0 Å². The van der Waals surface area contributed by atoms with E-state index in [1.165, 1.54) is 15.4 Å². The van der Waals surface area contributed by atoms with Gasteiger partial charge >= 0.3 is 0 Å². The third-order valence-electron chi connectivity index (χ3n) is 2.71. The Bertz CT molecular complexity index is 443. The second kappa shape index (κ2) is 4.57. The van der Waals surface area contributed by atoms with Crippen LogP contribution >= 0.6 is 22.7 Å². The smallest absolute Gasteiger partial charge is 0.0916 e. The van der Waals surface area contributed by atoms with Crippen molar-refractivity contribution in [3.8, 4) is 10.4 Å². The maximum absolute atomic E-state index is 5.37. The van der Waals surface area contributed by atoms with E-state index in [-0.39, 0.29) is 0 Å². The standard InChI is InChI=1S/C12H13NOS2/c1-2-11(15-7-1)10-8-12(16-9-10)13-3-5-14-6-4-13/h1-2,7-9H,3-6H2. The fourth-order valence-electron chi connectivity index (χ4n) is 1.85. The minimum atomic E-state index is 0.853. The molecule has 0 radical (unpaired) electrons. The molecular formula is C12H13NOS2. The molecule has 2 aromatic heterocycles. The van der Waals surface area contributed by atoms with Crippen LogP contribution in [0.4, 0.5) is 5.00 Å². The summed E-state index contributed by atoms with van der Waals surface area (Å²) in [6.07, 6.45) is 0. The van der Waals surface area contributed by atoms with E-state index in [0.29, 0.717) is 0 Å². The van der Waals surface area contributed by atoms with Gasteiger partial charge in [0.05, 0.1) is 18.2 Å². The Morgan fingerprint density at radius 3 is 2.81 bits per heavy atom. The predicted molar refractivity (Wildman–Crippen MR) is 70.7 cm³/mol. The summed E-state index contributed by atoms with van der Waals surface area (Å²) in [6.45, 7) is 3.74. The van der Waals surface area contributed by atoms with Crippen molar-refractivity contribution in [2.75, 3.05) is 31.2 Å².